The van der Waals surface area contributed by atoms with Crippen LogP contribution in [0, 0.1) is 17.7 Å². The van der Waals surface area contributed by atoms with Crippen LogP contribution in [0.1, 0.15) is 38.7 Å². The number of amides is 1. The second kappa shape index (κ2) is 7.73. The first-order valence-electron chi connectivity index (χ1n) is 8.19. The second-order valence-corrected chi connectivity index (χ2v) is 6.60. The molecule has 1 aliphatic carbocycles. The molecule has 1 aromatic rings. The molecule has 122 valence electrons. The fraction of sp³-hybridized carbons (Fsp3) is 0.611. The number of hydrogen-bond donors (Lipinski definition) is 1. The molecular formula is C18H27FN2O. The van der Waals surface area contributed by atoms with Gasteiger partial charge in [0.2, 0.25) is 5.91 Å². The molecule has 0 aromatic heterocycles. The van der Waals surface area contributed by atoms with Gasteiger partial charge in [0.25, 0.3) is 0 Å². The van der Waals surface area contributed by atoms with Crippen molar-refractivity contribution in [3.05, 3.63) is 35.6 Å². The zero-order valence-corrected chi connectivity index (χ0v) is 13.8. The highest BCUT2D eigenvalue weighted by Crippen LogP contribution is 2.29. The van der Waals surface area contributed by atoms with E-state index in [2.05, 4.69) is 19.2 Å². The Bertz CT molecular complexity index is 506. The summed E-state index contributed by atoms with van der Waals surface area (Å²) in [5.74, 6) is 1.05. The highest BCUT2D eigenvalue weighted by atomic mass is 19.1. The second-order valence-electron chi connectivity index (χ2n) is 6.60. The first-order chi connectivity index (χ1) is 10.5. The molecule has 1 amide bonds. The average Bonchev–Trinajstić information content (AvgIpc) is 2.50. The van der Waals surface area contributed by atoms with Crippen molar-refractivity contribution in [1.82, 2.24) is 10.2 Å². The molecule has 22 heavy (non-hydrogen) atoms. The van der Waals surface area contributed by atoms with E-state index in [1.165, 1.54) is 18.9 Å². The van der Waals surface area contributed by atoms with Gasteiger partial charge in [0, 0.05) is 25.2 Å². The van der Waals surface area contributed by atoms with Crippen LogP contribution in [0.2, 0.25) is 0 Å². The Morgan fingerprint density at radius 1 is 1.32 bits per heavy atom. The van der Waals surface area contributed by atoms with Gasteiger partial charge in [-0.05, 0) is 24.3 Å². The highest BCUT2D eigenvalue weighted by Gasteiger charge is 2.27. The zero-order valence-electron chi connectivity index (χ0n) is 13.8. The molecule has 0 radical (unpaired) electrons. The number of likely N-dealkylation sites (N-methyl/N-ethyl adjacent to an activating group) is 1. The Morgan fingerprint density at radius 2 is 2.05 bits per heavy atom. The third kappa shape index (κ3) is 4.29. The van der Waals surface area contributed by atoms with E-state index in [0.717, 1.165) is 6.42 Å². The molecular weight excluding hydrogens is 279 g/mol. The molecule has 1 saturated carbocycles. The van der Waals surface area contributed by atoms with Crippen LogP contribution >= 0.6 is 0 Å². The van der Waals surface area contributed by atoms with Gasteiger partial charge in [0.1, 0.15) is 5.82 Å². The van der Waals surface area contributed by atoms with Crippen molar-refractivity contribution in [3.8, 4) is 0 Å². The minimum atomic E-state index is -0.259. The van der Waals surface area contributed by atoms with Crippen LogP contribution in [-0.4, -0.2) is 30.4 Å². The lowest BCUT2D eigenvalue weighted by molar-refractivity contribution is -0.129. The molecule has 0 saturated heterocycles. The molecule has 1 aromatic carbocycles. The Labute approximate surface area is 132 Å². The van der Waals surface area contributed by atoms with Crippen LogP contribution in [0.3, 0.4) is 0 Å². The minimum absolute atomic E-state index is 0.00804. The normalized spacial score (nSPS) is 25.0. The van der Waals surface area contributed by atoms with E-state index in [0.29, 0.717) is 36.5 Å². The van der Waals surface area contributed by atoms with E-state index in [1.54, 1.807) is 30.1 Å². The van der Waals surface area contributed by atoms with Gasteiger partial charge in [0.15, 0.2) is 0 Å². The van der Waals surface area contributed by atoms with Crippen LogP contribution < -0.4 is 5.32 Å². The van der Waals surface area contributed by atoms with Crippen molar-refractivity contribution < 1.29 is 9.18 Å². The number of nitrogens with zero attached hydrogens (tertiary/aromatic N) is 1. The molecule has 1 N–H and O–H groups in total. The standard InChI is InChI=1S/C18H27FN2O/c1-13-7-6-10-17(14(13)2)20-11-18(22)21(3)12-15-8-4-5-9-16(15)19/h4-5,8-9,13-14,17,20H,6-7,10-12H2,1-3H3. The smallest absolute Gasteiger partial charge is 0.236 e. The van der Waals surface area contributed by atoms with E-state index < -0.39 is 0 Å². The van der Waals surface area contributed by atoms with Crippen LogP contribution in [0.25, 0.3) is 0 Å². The molecule has 3 nitrogen and oxygen atoms in total. The van der Waals surface area contributed by atoms with E-state index in [1.807, 2.05) is 0 Å². The summed E-state index contributed by atoms with van der Waals surface area (Å²) in [6, 6.07) is 7.01. The lowest BCUT2D eigenvalue weighted by atomic mass is 9.78. The maximum atomic E-state index is 13.6. The topological polar surface area (TPSA) is 32.3 Å². The Kier molecular flexibility index (Phi) is 5.95. The summed E-state index contributed by atoms with van der Waals surface area (Å²) in [4.78, 5) is 13.8. The SMILES string of the molecule is CC1CCCC(NCC(=O)N(C)Cc2ccccc2F)C1C. The third-order valence-electron chi connectivity index (χ3n) is 5.01. The van der Waals surface area contributed by atoms with E-state index in [9.17, 15) is 9.18 Å². The quantitative estimate of drug-likeness (QED) is 0.906. The Morgan fingerprint density at radius 3 is 2.77 bits per heavy atom. The summed E-state index contributed by atoms with van der Waals surface area (Å²) in [5.41, 5.74) is 0.554. The largest absolute Gasteiger partial charge is 0.340 e. The molecule has 3 atom stereocenters. The van der Waals surface area contributed by atoms with Gasteiger partial charge >= 0.3 is 0 Å². The summed E-state index contributed by atoms with van der Waals surface area (Å²) in [5, 5.41) is 3.40. The summed E-state index contributed by atoms with van der Waals surface area (Å²) in [6.07, 6.45) is 3.64. The molecule has 1 fully saturated rings. The molecule has 0 heterocycles. The van der Waals surface area contributed by atoms with Gasteiger partial charge in [-0.15, -0.1) is 0 Å². The fourth-order valence-electron chi connectivity index (χ4n) is 3.19. The van der Waals surface area contributed by atoms with E-state index in [4.69, 9.17) is 0 Å². The molecule has 0 aliphatic heterocycles. The van der Waals surface area contributed by atoms with Gasteiger partial charge in [-0.2, -0.15) is 0 Å². The predicted molar refractivity (Wildman–Crippen MR) is 86.8 cm³/mol. The van der Waals surface area contributed by atoms with E-state index >= 15 is 0 Å². The summed E-state index contributed by atoms with van der Waals surface area (Å²) >= 11 is 0. The monoisotopic (exact) mass is 306 g/mol. The number of benzene rings is 1. The lowest BCUT2D eigenvalue weighted by Crippen LogP contribution is -2.45. The molecule has 0 spiro atoms. The summed E-state index contributed by atoms with van der Waals surface area (Å²) in [7, 11) is 1.73. The van der Waals surface area contributed by atoms with Crippen molar-refractivity contribution >= 4 is 5.91 Å². The van der Waals surface area contributed by atoms with Gasteiger partial charge in [-0.1, -0.05) is 44.9 Å². The molecule has 2 rings (SSSR count). The van der Waals surface area contributed by atoms with Crippen molar-refractivity contribution in [3.63, 3.8) is 0 Å². The van der Waals surface area contributed by atoms with Crippen LogP contribution in [0.4, 0.5) is 4.39 Å². The molecule has 3 unspecified atom stereocenters. The first-order valence-corrected chi connectivity index (χ1v) is 8.19. The van der Waals surface area contributed by atoms with Crippen LogP contribution in [0.15, 0.2) is 24.3 Å². The molecule has 4 heteroatoms. The number of nitrogens with one attached hydrogen (secondary N) is 1. The number of carbonyl (C=O) groups excluding carboxylic acids is 1. The average molecular weight is 306 g/mol. The maximum Gasteiger partial charge on any atom is 0.236 e. The number of halogens is 1. The number of rotatable bonds is 5. The van der Waals surface area contributed by atoms with Crippen LogP contribution in [-0.2, 0) is 11.3 Å². The van der Waals surface area contributed by atoms with Crippen LogP contribution in [0.5, 0.6) is 0 Å². The van der Waals surface area contributed by atoms with Crippen molar-refractivity contribution in [2.24, 2.45) is 11.8 Å². The summed E-state index contributed by atoms with van der Waals surface area (Å²) < 4.78 is 13.6. The van der Waals surface area contributed by atoms with Gasteiger partial charge in [-0.25, -0.2) is 4.39 Å². The van der Waals surface area contributed by atoms with Gasteiger partial charge < -0.3 is 10.2 Å². The maximum absolute atomic E-state index is 13.6. The molecule has 1 aliphatic rings. The fourth-order valence-corrected chi connectivity index (χ4v) is 3.19. The number of hydrogen-bond acceptors (Lipinski definition) is 2. The highest BCUT2D eigenvalue weighted by molar-refractivity contribution is 5.78. The predicted octanol–water partition coefficient (Wildman–Crippen LogP) is 3.20. The van der Waals surface area contributed by atoms with Gasteiger partial charge in [0.05, 0.1) is 6.54 Å². The number of carbonyl (C=O) groups is 1. The van der Waals surface area contributed by atoms with Gasteiger partial charge in [-0.3, -0.25) is 4.79 Å². The minimum Gasteiger partial charge on any atom is -0.340 e. The van der Waals surface area contributed by atoms with Crippen molar-refractivity contribution in [2.75, 3.05) is 13.6 Å². The van der Waals surface area contributed by atoms with Crippen molar-refractivity contribution in [2.45, 2.75) is 45.7 Å². The zero-order chi connectivity index (χ0) is 16.1. The molecule has 0 bridgehead atoms. The lowest BCUT2D eigenvalue weighted by Gasteiger charge is -2.35. The third-order valence-corrected chi connectivity index (χ3v) is 5.01. The first kappa shape index (κ1) is 16.9. The Balaban J connectivity index is 1.83. The summed E-state index contributed by atoms with van der Waals surface area (Å²) in [6.45, 7) is 5.18. The van der Waals surface area contributed by atoms with Crippen molar-refractivity contribution in [1.29, 1.82) is 0 Å². The van der Waals surface area contributed by atoms with E-state index in [-0.39, 0.29) is 11.7 Å². The Hall–Kier alpha value is -1.42.